The summed E-state index contributed by atoms with van der Waals surface area (Å²) in [5, 5.41) is 8.14. The lowest BCUT2D eigenvalue weighted by Crippen LogP contribution is -2.14. The van der Waals surface area contributed by atoms with E-state index in [1.165, 1.54) is 71.6 Å². The van der Waals surface area contributed by atoms with Gasteiger partial charge in [-0.25, -0.2) is 0 Å². The molecule has 2 nitrogen and oxygen atoms in total. The molecule has 0 bridgehead atoms. The van der Waals surface area contributed by atoms with E-state index in [4.69, 9.17) is 4.99 Å². The highest BCUT2D eigenvalue weighted by molar-refractivity contribution is 6.18. The molecule has 0 aromatic heterocycles. The zero-order valence-corrected chi connectivity index (χ0v) is 23.2. The monoisotopic (exact) mass is 526 g/mol. The lowest BCUT2D eigenvalue weighted by molar-refractivity contribution is 0.660. The van der Waals surface area contributed by atoms with Gasteiger partial charge >= 0.3 is 0 Å². The molecule has 0 saturated heterocycles. The highest BCUT2D eigenvalue weighted by Gasteiger charge is 2.37. The van der Waals surface area contributed by atoms with Crippen molar-refractivity contribution in [3.63, 3.8) is 0 Å². The summed E-state index contributed by atoms with van der Waals surface area (Å²) < 4.78 is 0. The van der Waals surface area contributed by atoms with Crippen molar-refractivity contribution in [2.75, 3.05) is 0 Å². The second-order valence-corrected chi connectivity index (χ2v) is 11.6. The maximum absolute atomic E-state index is 4.87. The topological polar surface area (TPSA) is 24.4 Å². The Hall–Kier alpha value is -4.95. The van der Waals surface area contributed by atoms with Crippen LogP contribution in [0.1, 0.15) is 36.6 Å². The molecule has 1 N–H and O–H groups in total. The van der Waals surface area contributed by atoms with Crippen molar-refractivity contribution in [1.29, 1.82) is 0 Å². The predicted octanol–water partition coefficient (Wildman–Crippen LogP) is 9.82. The van der Waals surface area contributed by atoms with Crippen LogP contribution in [0.25, 0.3) is 54.9 Å². The Morgan fingerprint density at radius 3 is 2.12 bits per heavy atom. The Kier molecular flexibility index (Phi) is 5.27. The van der Waals surface area contributed by atoms with E-state index in [9.17, 15) is 0 Å². The van der Waals surface area contributed by atoms with Crippen molar-refractivity contribution in [3.05, 3.63) is 144 Å². The first-order valence-electron chi connectivity index (χ1n) is 14.3. The first-order chi connectivity index (χ1) is 20.1. The Morgan fingerprint density at radius 2 is 1.29 bits per heavy atom. The molecule has 1 unspecified atom stereocenters. The van der Waals surface area contributed by atoms with Gasteiger partial charge in [0.15, 0.2) is 0 Å². The molecule has 1 heterocycles. The molecule has 2 aliphatic rings. The van der Waals surface area contributed by atoms with Crippen LogP contribution in [0.5, 0.6) is 0 Å². The van der Waals surface area contributed by atoms with Gasteiger partial charge in [-0.3, -0.25) is 4.99 Å². The Labute approximate surface area is 240 Å². The number of aliphatic imine (C=N–C) groups is 1. The van der Waals surface area contributed by atoms with Crippen molar-refractivity contribution in [2.45, 2.75) is 25.3 Å². The van der Waals surface area contributed by atoms with Crippen molar-refractivity contribution < 1.29 is 0 Å². The molecule has 41 heavy (non-hydrogen) atoms. The van der Waals surface area contributed by atoms with Gasteiger partial charge in [0.25, 0.3) is 0 Å². The third-order valence-corrected chi connectivity index (χ3v) is 9.03. The lowest BCUT2D eigenvalue weighted by atomic mass is 9.80. The van der Waals surface area contributed by atoms with Crippen LogP contribution in [0.2, 0.25) is 0 Å². The van der Waals surface area contributed by atoms with Gasteiger partial charge in [-0.2, -0.15) is 0 Å². The number of hydrogen-bond donors (Lipinski definition) is 1. The van der Waals surface area contributed by atoms with Crippen molar-refractivity contribution in [3.8, 4) is 33.4 Å². The summed E-state index contributed by atoms with van der Waals surface area (Å²) in [5.41, 5.74) is 11.7. The minimum Gasteiger partial charge on any atom is -0.353 e. The third-order valence-electron chi connectivity index (χ3n) is 9.03. The molecule has 8 rings (SSSR count). The molecule has 0 spiro atoms. The van der Waals surface area contributed by atoms with E-state index < -0.39 is 0 Å². The van der Waals surface area contributed by atoms with E-state index in [1.807, 2.05) is 6.20 Å². The second-order valence-electron chi connectivity index (χ2n) is 11.6. The molecule has 1 aliphatic heterocycles. The molecule has 0 radical (unpaired) electrons. The first kappa shape index (κ1) is 23.9. The summed E-state index contributed by atoms with van der Waals surface area (Å²) in [7, 11) is 0. The normalized spacial score (nSPS) is 16.5. The number of nitrogens with zero attached hydrogens (tertiary/aromatic N) is 1. The van der Waals surface area contributed by atoms with Crippen molar-refractivity contribution >= 4 is 27.9 Å². The summed E-state index contributed by atoms with van der Waals surface area (Å²) in [5.74, 6) is 0. The molecular weight excluding hydrogens is 496 g/mol. The molecule has 0 fully saturated rings. The van der Waals surface area contributed by atoms with Crippen molar-refractivity contribution in [1.82, 2.24) is 5.32 Å². The van der Waals surface area contributed by atoms with Gasteiger partial charge in [-0.15, -0.1) is 0 Å². The molecule has 6 aromatic carbocycles. The van der Waals surface area contributed by atoms with Crippen LogP contribution in [0.3, 0.4) is 0 Å². The van der Waals surface area contributed by atoms with Crippen LogP contribution in [-0.2, 0) is 5.41 Å². The van der Waals surface area contributed by atoms with Crippen molar-refractivity contribution in [2.24, 2.45) is 4.99 Å². The van der Waals surface area contributed by atoms with Gasteiger partial charge in [0.05, 0.1) is 12.4 Å². The van der Waals surface area contributed by atoms with Crippen LogP contribution in [0.15, 0.2) is 133 Å². The first-order valence-corrected chi connectivity index (χ1v) is 14.3. The highest BCUT2D eigenvalue weighted by Crippen LogP contribution is 2.54. The number of hydrogen-bond acceptors (Lipinski definition) is 2. The zero-order valence-electron chi connectivity index (χ0n) is 23.2. The fourth-order valence-electron chi connectivity index (χ4n) is 7.13. The lowest BCUT2D eigenvalue weighted by Gasteiger charge is -2.24. The Bertz CT molecular complexity index is 2030. The van der Waals surface area contributed by atoms with Crippen LogP contribution < -0.4 is 5.32 Å². The third kappa shape index (κ3) is 3.54. The average molecular weight is 527 g/mol. The van der Waals surface area contributed by atoms with Crippen LogP contribution in [0, 0.1) is 0 Å². The quantitative estimate of drug-likeness (QED) is 0.228. The second kappa shape index (κ2) is 9.04. The number of nitrogens with one attached hydrogen (secondary N) is 1. The van der Waals surface area contributed by atoms with Gasteiger partial charge in [0.2, 0.25) is 0 Å². The smallest absolute Gasteiger partial charge is 0.0976 e. The molecule has 0 amide bonds. The highest BCUT2D eigenvalue weighted by atomic mass is 15.0. The zero-order chi connectivity index (χ0) is 27.6. The van der Waals surface area contributed by atoms with Crippen LogP contribution in [0.4, 0.5) is 0 Å². The van der Waals surface area contributed by atoms with E-state index in [1.54, 1.807) is 6.34 Å². The molecule has 0 saturated carbocycles. The molecule has 2 heteroatoms. The minimum absolute atomic E-state index is 0.0542. The molecule has 196 valence electrons. The van der Waals surface area contributed by atoms with E-state index in [2.05, 4.69) is 141 Å². The number of fused-ring (bicyclic) bond motifs is 5. The fraction of sp³-hybridized carbons (Fsp3) is 0.103. The molecular formula is C39H30N2. The van der Waals surface area contributed by atoms with Gasteiger partial charge in [0, 0.05) is 11.6 Å². The van der Waals surface area contributed by atoms with E-state index in [0.29, 0.717) is 0 Å². The standard InChI is InChI=1S/C39H30N2/c1-39(2)33-17-9-8-15-30(33)37-31(16-10-18-34(37)39)36-27-13-6-7-14-28(27)38(35-21-22-40-24-41-35)29-20-19-26(23-32(29)36)25-11-4-3-5-12-25/h3-24,35H,1-2H3,(H,40,41). The summed E-state index contributed by atoms with van der Waals surface area (Å²) in [6.45, 7) is 4.71. The van der Waals surface area contributed by atoms with E-state index >= 15 is 0 Å². The summed E-state index contributed by atoms with van der Waals surface area (Å²) >= 11 is 0. The maximum atomic E-state index is 4.87. The molecule has 1 aliphatic carbocycles. The summed E-state index contributed by atoms with van der Waals surface area (Å²) in [4.78, 5) is 4.87. The largest absolute Gasteiger partial charge is 0.353 e. The average Bonchev–Trinajstić information content (AvgIpc) is 3.27. The Balaban J connectivity index is 1.54. The van der Waals surface area contributed by atoms with Gasteiger partial charge in [-0.05, 0) is 83.8 Å². The minimum atomic E-state index is -0.0582. The molecule has 1 atom stereocenters. The van der Waals surface area contributed by atoms with Crippen LogP contribution >= 0.6 is 0 Å². The van der Waals surface area contributed by atoms with Gasteiger partial charge in [0.1, 0.15) is 0 Å². The number of rotatable bonds is 3. The number of benzene rings is 6. The van der Waals surface area contributed by atoms with Gasteiger partial charge in [-0.1, -0.05) is 123 Å². The van der Waals surface area contributed by atoms with Gasteiger partial charge < -0.3 is 5.32 Å². The predicted molar refractivity (Wildman–Crippen MR) is 173 cm³/mol. The summed E-state index contributed by atoms with van der Waals surface area (Å²) in [6.07, 6.45) is 5.96. The fourth-order valence-corrected chi connectivity index (χ4v) is 7.13. The summed E-state index contributed by atoms with van der Waals surface area (Å²) in [6, 6.07) is 42.4. The van der Waals surface area contributed by atoms with E-state index in [-0.39, 0.29) is 11.5 Å². The SMILES string of the molecule is CC1(C)c2ccccc2-c2c(-c3c4ccccc4c(C4C=CNC=N4)c4ccc(-c5ccccc5)cc34)cccc21. The van der Waals surface area contributed by atoms with Crippen LogP contribution in [-0.4, -0.2) is 6.34 Å². The Morgan fingerprint density at radius 1 is 0.585 bits per heavy atom. The molecule has 6 aromatic rings. The maximum Gasteiger partial charge on any atom is 0.0976 e. The van der Waals surface area contributed by atoms with E-state index in [0.717, 1.165) is 0 Å².